The molecule has 1 heterocycles. The first-order valence-electron chi connectivity index (χ1n) is 6.11. The molecule has 0 aliphatic rings. The molecule has 0 bridgehead atoms. The summed E-state index contributed by atoms with van der Waals surface area (Å²) >= 11 is 3.35. The van der Waals surface area contributed by atoms with E-state index < -0.39 is 11.6 Å². The average Bonchev–Trinajstić information content (AvgIpc) is 2.82. The summed E-state index contributed by atoms with van der Waals surface area (Å²) in [4.78, 5) is 0. The number of nitrogen functional groups attached to an aromatic ring is 1. The van der Waals surface area contributed by atoms with Gasteiger partial charge in [0, 0.05) is 21.7 Å². The number of nitrogens with two attached hydrogens (primary N) is 1. The Morgan fingerprint density at radius 3 is 2.43 bits per heavy atom. The molecule has 0 aliphatic heterocycles. The van der Waals surface area contributed by atoms with E-state index >= 15 is 0 Å². The van der Waals surface area contributed by atoms with Crippen molar-refractivity contribution in [2.75, 3.05) is 5.73 Å². The van der Waals surface area contributed by atoms with E-state index in [1.165, 1.54) is 12.1 Å². The zero-order valence-corrected chi connectivity index (χ0v) is 12.3. The Hall–Kier alpha value is -2.21. The summed E-state index contributed by atoms with van der Waals surface area (Å²) in [6.07, 6.45) is 0. The highest BCUT2D eigenvalue weighted by Crippen LogP contribution is 2.36. The summed E-state index contributed by atoms with van der Waals surface area (Å²) in [7, 11) is 0. The SMILES string of the molecule is Nc1n[nH]c(-c2ccc(Br)cc2)c1-c1ccc(F)cc1F. The number of hydrogen-bond acceptors (Lipinski definition) is 2. The molecule has 21 heavy (non-hydrogen) atoms. The maximum Gasteiger partial charge on any atom is 0.153 e. The molecular weight excluding hydrogens is 340 g/mol. The summed E-state index contributed by atoms with van der Waals surface area (Å²) < 4.78 is 28.0. The fraction of sp³-hybridized carbons (Fsp3) is 0. The van der Waals surface area contributed by atoms with Crippen molar-refractivity contribution in [3.05, 3.63) is 58.6 Å². The third-order valence-corrected chi connectivity index (χ3v) is 3.66. The van der Waals surface area contributed by atoms with Crippen LogP contribution in [0.3, 0.4) is 0 Å². The lowest BCUT2D eigenvalue weighted by Gasteiger charge is -2.06. The molecule has 0 radical (unpaired) electrons. The Labute approximate surface area is 127 Å². The third kappa shape index (κ3) is 2.54. The summed E-state index contributed by atoms with van der Waals surface area (Å²) in [5, 5.41) is 6.74. The minimum absolute atomic E-state index is 0.165. The smallest absolute Gasteiger partial charge is 0.153 e. The van der Waals surface area contributed by atoms with Crippen LogP contribution in [0.4, 0.5) is 14.6 Å². The molecule has 0 saturated heterocycles. The normalized spacial score (nSPS) is 10.8. The standard InChI is InChI=1S/C15H10BrF2N3/c16-9-3-1-8(2-4-9)14-13(15(19)21-20-14)11-6-5-10(17)7-12(11)18/h1-7H,(H3,19,20,21). The van der Waals surface area contributed by atoms with E-state index in [2.05, 4.69) is 26.1 Å². The Morgan fingerprint density at radius 2 is 1.76 bits per heavy atom. The van der Waals surface area contributed by atoms with Crippen molar-refractivity contribution in [2.24, 2.45) is 0 Å². The monoisotopic (exact) mass is 349 g/mol. The van der Waals surface area contributed by atoms with Crippen LogP contribution >= 0.6 is 15.9 Å². The summed E-state index contributed by atoms with van der Waals surface area (Å²) in [5.74, 6) is -1.15. The quantitative estimate of drug-likeness (QED) is 0.721. The number of nitrogens with one attached hydrogen (secondary N) is 1. The van der Waals surface area contributed by atoms with Crippen molar-refractivity contribution in [2.45, 2.75) is 0 Å². The molecule has 0 amide bonds. The van der Waals surface area contributed by atoms with E-state index in [9.17, 15) is 8.78 Å². The molecule has 3 N–H and O–H groups in total. The van der Waals surface area contributed by atoms with Crippen LogP contribution in [-0.2, 0) is 0 Å². The van der Waals surface area contributed by atoms with Crippen molar-refractivity contribution in [3.63, 3.8) is 0 Å². The number of nitrogens with zero attached hydrogens (tertiary/aromatic N) is 1. The Bertz CT molecular complexity index is 797. The molecule has 0 aliphatic carbocycles. The molecule has 0 atom stereocenters. The minimum atomic E-state index is -0.679. The average molecular weight is 350 g/mol. The van der Waals surface area contributed by atoms with Gasteiger partial charge in [-0.05, 0) is 24.3 Å². The van der Waals surface area contributed by atoms with E-state index in [1.54, 1.807) is 0 Å². The largest absolute Gasteiger partial charge is 0.382 e. The van der Waals surface area contributed by atoms with Crippen molar-refractivity contribution >= 4 is 21.7 Å². The number of hydrogen-bond donors (Lipinski definition) is 2. The van der Waals surface area contributed by atoms with Gasteiger partial charge in [-0.3, -0.25) is 5.10 Å². The van der Waals surface area contributed by atoms with Crippen LogP contribution in [0.2, 0.25) is 0 Å². The van der Waals surface area contributed by atoms with Gasteiger partial charge in [0.15, 0.2) is 5.82 Å². The van der Waals surface area contributed by atoms with Gasteiger partial charge < -0.3 is 5.73 Å². The number of aromatic amines is 1. The first-order chi connectivity index (χ1) is 10.1. The maximum absolute atomic E-state index is 14.0. The highest BCUT2D eigenvalue weighted by Gasteiger charge is 2.18. The van der Waals surface area contributed by atoms with Gasteiger partial charge in [0.1, 0.15) is 11.6 Å². The fourth-order valence-corrected chi connectivity index (χ4v) is 2.41. The molecule has 3 nitrogen and oxygen atoms in total. The van der Waals surface area contributed by atoms with Crippen LogP contribution in [0.25, 0.3) is 22.4 Å². The predicted molar refractivity (Wildman–Crippen MR) is 81.5 cm³/mol. The van der Waals surface area contributed by atoms with E-state index in [4.69, 9.17) is 5.73 Å². The number of anilines is 1. The van der Waals surface area contributed by atoms with Crippen molar-refractivity contribution < 1.29 is 8.78 Å². The second kappa shape index (κ2) is 5.29. The van der Waals surface area contributed by atoms with E-state index in [-0.39, 0.29) is 11.4 Å². The van der Waals surface area contributed by atoms with Crippen LogP contribution in [0.1, 0.15) is 0 Å². The van der Waals surface area contributed by atoms with E-state index in [0.29, 0.717) is 11.3 Å². The van der Waals surface area contributed by atoms with Gasteiger partial charge in [0.05, 0.1) is 11.3 Å². The van der Waals surface area contributed by atoms with Gasteiger partial charge in [-0.2, -0.15) is 5.10 Å². The topological polar surface area (TPSA) is 54.7 Å². The Balaban J connectivity index is 2.19. The van der Waals surface area contributed by atoms with Crippen LogP contribution in [0.15, 0.2) is 46.9 Å². The highest BCUT2D eigenvalue weighted by molar-refractivity contribution is 9.10. The molecule has 3 rings (SSSR count). The van der Waals surface area contributed by atoms with Gasteiger partial charge in [-0.25, -0.2) is 8.78 Å². The molecule has 106 valence electrons. The maximum atomic E-state index is 14.0. The molecule has 0 fully saturated rings. The minimum Gasteiger partial charge on any atom is -0.382 e. The number of benzene rings is 2. The molecule has 0 spiro atoms. The van der Waals surface area contributed by atoms with E-state index in [1.807, 2.05) is 24.3 Å². The van der Waals surface area contributed by atoms with Gasteiger partial charge in [-0.1, -0.05) is 28.1 Å². The first-order valence-corrected chi connectivity index (χ1v) is 6.91. The van der Waals surface area contributed by atoms with Crippen LogP contribution in [0, 0.1) is 11.6 Å². The third-order valence-electron chi connectivity index (χ3n) is 3.13. The van der Waals surface area contributed by atoms with Crippen LogP contribution in [0.5, 0.6) is 0 Å². The molecular formula is C15H10BrF2N3. The van der Waals surface area contributed by atoms with Gasteiger partial charge in [-0.15, -0.1) is 0 Å². The van der Waals surface area contributed by atoms with E-state index in [0.717, 1.165) is 16.1 Å². The van der Waals surface area contributed by atoms with Gasteiger partial charge in [0.2, 0.25) is 0 Å². The van der Waals surface area contributed by atoms with Crippen molar-refractivity contribution in [1.82, 2.24) is 10.2 Å². The Kier molecular flexibility index (Phi) is 3.47. The lowest BCUT2D eigenvalue weighted by molar-refractivity contribution is 0.585. The molecule has 0 saturated carbocycles. The second-order valence-corrected chi connectivity index (χ2v) is 5.41. The lowest BCUT2D eigenvalue weighted by Crippen LogP contribution is -1.92. The molecule has 0 unspecified atom stereocenters. The summed E-state index contributed by atoms with van der Waals surface area (Å²) in [6, 6.07) is 10.8. The Morgan fingerprint density at radius 1 is 1.05 bits per heavy atom. The number of rotatable bonds is 2. The molecule has 2 aromatic carbocycles. The number of aromatic nitrogens is 2. The molecule has 6 heteroatoms. The summed E-state index contributed by atoms with van der Waals surface area (Å²) in [5.41, 5.74) is 7.87. The number of H-pyrrole nitrogens is 1. The van der Waals surface area contributed by atoms with Crippen molar-refractivity contribution in [3.8, 4) is 22.4 Å². The van der Waals surface area contributed by atoms with Gasteiger partial charge >= 0.3 is 0 Å². The zero-order chi connectivity index (χ0) is 15.0. The lowest BCUT2D eigenvalue weighted by atomic mass is 10.0. The fourth-order valence-electron chi connectivity index (χ4n) is 2.15. The van der Waals surface area contributed by atoms with Crippen LogP contribution < -0.4 is 5.73 Å². The predicted octanol–water partition coefficient (Wildman–Crippen LogP) is 4.37. The first kappa shape index (κ1) is 13.8. The highest BCUT2D eigenvalue weighted by atomic mass is 79.9. The second-order valence-electron chi connectivity index (χ2n) is 4.49. The number of halogens is 3. The van der Waals surface area contributed by atoms with Crippen molar-refractivity contribution in [1.29, 1.82) is 0 Å². The summed E-state index contributed by atoms with van der Waals surface area (Å²) in [6.45, 7) is 0. The van der Waals surface area contributed by atoms with Crippen LogP contribution in [-0.4, -0.2) is 10.2 Å². The molecule has 3 aromatic rings. The zero-order valence-electron chi connectivity index (χ0n) is 10.7. The molecule has 1 aromatic heterocycles. The van der Waals surface area contributed by atoms with Gasteiger partial charge in [0.25, 0.3) is 0 Å².